The molecule has 1 amide bonds. The number of rotatable bonds is 3. The van der Waals surface area contributed by atoms with Crippen LogP contribution in [0.15, 0.2) is 59.9 Å². The van der Waals surface area contributed by atoms with Crippen LogP contribution in [0.4, 0.5) is 10.1 Å². The van der Waals surface area contributed by atoms with Gasteiger partial charge < -0.3 is 9.88 Å². The Morgan fingerprint density at radius 1 is 1.03 bits per heavy atom. The lowest BCUT2D eigenvalue weighted by Crippen LogP contribution is -2.24. The molecule has 0 aliphatic carbocycles. The molecular weight excluding hydrogens is 420 g/mol. The van der Waals surface area contributed by atoms with E-state index < -0.39 is 17.2 Å². The topological polar surface area (TPSA) is 89.8 Å². The zero-order chi connectivity index (χ0) is 20.5. The number of anilines is 1. The number of hydrogen-bond acceptors (Lipinski definition) is 5. The second-order valence-electron chi connectivity index (χ2n) is 5.88. The number of pyridine rings is 2. The fourth-order valence-electron chi connectivity index (χ4n) is 2.75. The number of carbonyl (C=O) groups excluding carboxylic acids is 1. The molecule has 0 aliphatic heterocycles. The van der Waals surface area contributed by atoms with Gasteiger partial charge in [0.15, 0.2) is 10.3 Å². The number of nitrogens with zero attached hydrogens (tertiary/aromatic N) is 4. The van der Waals surface area contributed by atoms with Gasteiger partial charge in [0, 0.05) is 18.1 Å². The van der Waals surface area contributed by atoms with Gasteiger partial charge in [0.05, 0.1) is 5.39 Å². The van der Waals surface area contributed by atoms with Gasteiger partial charge in [-0.2, -0.15) is 0 Å². The highest BCUT2D eigenvalue weighted by atomic mass is 35.5. The van der Waals surface area contributed by atoms with Gasteiger partial charge in [-0.15, -0.1) is 0 Å². The SMILES string of the molecule is O=C(Nc1c(Cl)ncnc1Cl)c1cn(-c2ccc(F)cc2)c2ncccc2c1=O. The molecule has 7 nitrogen and oxygen atoms in total. The van der Waals surface area contributed by atoms with Crippen molar-refractivity contribution in [1.82, 2.24) is 19.5 Å². The molecule has 1 aromatic carbocycles. The quantitative estimate of drug-likeness (QED) is 0.499. The van der Waals surface area contributed by atoms with Crippen LogP contribution in [-0.2, 0) is 0 Å². The summed E-state index contributed by atoms with van der Waals surface area (Å²) in [6, 6.07) is 8.68. The third kappa shape index (κ3) is 3.55. The van der Waals surface area contributed by atoms with Gasteiger partial charge in [-0.1, -0.05) is 23.2 Å². The Kier molecular flexibility index (Phi) is 4.96. The molecule has 10 heteroatoms. The van der Waals surface area contributed by atoms with Crippen LogP contribution in [0.3, 0.4) is 0 Å². The van der Waals surface area contributed by atoms with Crippen LogP contribution in [-0.4, -0.2) is 25.4 Å². The zero-order valence-electron chi connectivity index (χ0n) is 14.4. The number of nitrogens with one attached hydrogen (secondary N) is 1. The van der Waals surface area contributed by atoms with E-state index in [1.54, 1.807) is 12.1 Å². The Bertz CT molecular complexity index is 1290. The van der Waals surface area contributed by atoms with Gasteiger partial charge in [-0.25, -0.2) is 19.3 Å². The second kappa shape index (κ2) is 7.57. The fraction of sp³-hybridized carbons (Fsp3) is 0. The summed E-state index contributed by atoms with van der Waals surface area (Å²) in [5, 5.41) is 2.54. The average molecular weight is 430 g/mol. The van der Waals surface area contributed by atoms with Gasteiger partial charge in [-0.05, 0) is 36.4 Å². The maximum atomic E-state index is 13.3. The summed E-state index contributed by atoms with van der Waals surface area (Å²) < 4.78 is 14.9. The summed E-state index contributed by atoms with van der Waals surface area (Å²) in [5.74, 6) is -1.17. The first-order valence-electron chi connectivity index (χ1n) is 8.19. The van der Waals surface area contributed by atoms with Crippen LogP contribution in [0.25, 0.3) is 16.7 Å². The van der Waals surface area contributed by atoms with Crippen molar-refractivity contribution < 1.29 is 9.18 Å². The summed E-state index contributed by atoms with van der Waals surface area (Å²) in [6.45, 7) is 0. The third-order valence-electron chi connectivity index (χ3n) is 4.11. The van der Waals surface area contributed by atoms with Crippen LogP contribution in [0, 0.1) is 5.82 Å². The van der Waals surface area contributed by atoms with Crippen LogP contribution in [0.2, 0.25) is 10.3 Å². The number of halogens is 3. The van der Waals surface area contributed by atoms with E-state index in [1.807, 2.05) is 0 Å². The summed E-state index contributed by atoms with van der Waals surface area (Å²) in [5.41, 5.74) is 0.0988. The van der Waals surface area contributed by atoms with Crippen molar-refractivity contribution in [2.24, 2.45) is 0 Å². The van der Waals surface area contributed by atoms with Gasteiger partial charge in [0.1, 0.15) is 29.0 Å². The van der Waals surface area contributed by atoms with E-state index in [2.05, 4.69) is 20.3 Å². The van der Waals surface area contributed by atoms with Gasteiger partial charge in [-0.3, -0.25) is 9.59 Å². The summed E-state index contributed by atoms with van der Waals surface area (Å²) in [4.78, 5) is 37.5. The van der Waals surface area contributed by atoms with E-state index in [-0.39, 0.29) is 26.9 Å². The predicted molar refractivity (Wildman–Crippen MR) is 107 cm³/mol. The maximum Gasteiger partial charge on any atom is 0.261 e. The highest BCUT2D eigenvalue weighted by Crippen LogP contribution is 2.26. The molecule has 0 saturated heterocycles. The molecule has 3 aromatic heterocycles. The highest BCUT2D eigenvalue weighted by molar-refractivity contribution is 6.38. The lowest BCUT2D eigenvalue weighted by Gasteiger charge is -2.13. The second-order valence-corrected chi connectivity index (χ2v) is 6.59. The molecule has 3 heterocycles. The predicted octanol–water partition coefficient (Wildman–Crippen LogP) is 3.87. The van der Waals surface area contributed by atoms with E-state index in [4.69, 9.17) is 23.2 Å². The summed E-state index contributed by atoms with van der Waals surface area (Å²) in [7, 11) is 0. The molecular formula is C19H10Cl2FN5O2. The van der Waals surface area contributed by atoms with Crippen molar-refractivity contribution in [3.63, 3.8) is 0 Å². The summed E-state index contributed by atoms with van der Waals surface area (Å²) >= 11 is 11.9. The van der Waals surface area contributed by atoms with Crippen molar-refractivity contribution in [1.29, 1.82) is 0 Å². The highest BCUT2D eigenvalue weighted by Gasteiger charge is 2.19. The zero-order valence-corrected chi connectivity index (χ0v) is 15.9. The van der Waals surface area contributed by atoms with Crippen LogP contribution >= 0.6 is 23.2 Å². The van der Waals surface area contributed by atoms with Gasteiger partial charge >= 0.3 is 0 Å². The molecule has 4 aromatic rings. The molecule has 144 valence electrons. The molecule has 29 heavy (non-hydrogen) atoms. The number of amides is 1. The molecule has 0 unspecified atom stereocenters. The molecule has 4 rings (SSSR count). The normalized spacial score (nSPS) is 10.9. The minimum atomic E-state index is -0.754. The number of fused-ring (bicyclic) bond motifs is 1. The first-order valence-corrected chi connectivity index (χ1v) is 8.95. The largest absolute Gasteiger partial charge is 0.317 e. The molecule has 0 aliphatic rings. The van der Waals surface area contributed by atoms with E-state index in [9.17, 15) is 14.0 Å². The van der Waals surface area contributed by atoms with Crippen LogP contribution in [0.1, 0.15) is 10.4 Å². The summed E-state index contributed by atoms with van der Waals surface area (Å²) in [6.07, 6.45) is 3.98. The van der Waals surface area contributed by atoms with E-state index in [0.29, 0.717) is 11.3 Å². The molecule has 0 saturated carbocycles. The van der Waals surface area contributed by atoms with Crippen molar-refractivity contribution in [2.75, 3.05) is 5.32 Å². The first-order chi connectivity index (χ1) is 14.0. The molecule has 0 fully saturated rings. The molecule has 0 spiro atoms. The first kappa shape index (κ1) is 19.0. The molecule has 0 atom stereocenters. The number of carbonyl (C=O) groups is 1. The van der Waals surface area contributed by atoms with E-state index in [0.717, 1.165) is 6.33 Å². The van der Waals surface area contributed by atoms with E-state index >= 15 is 0 Å². The minimum Gasteiger partial charge on any atom is -0.317 e. The average Bonchev–Trinajstić information content (AvgIpc) is 2.72. The van der Waals surface area contributed by atoms with Crippen molar-refractivity contribution in [2.45, 2.75) is 0 Å². The Morgan fingerprint density at radius 3 is 2.41 bits per heavy atom. The standard InChI is InChI=1S/C19H10Cl2FN5O2/c20-16-14(17(21)25-9-24-16)26-19(29)13-8-27(11-5-3-10(22)4-6-11)18-12(15(13)28)2-1-7-23-18/h1-9H,(H,26,29). The number of aromatic nitrogens is 4. The van der Waals surface area contributed by atoms with Crippen LogP contribution in [0.5, 0.6) is 0 Å². The molecule has 0 bridgehead atoms. The van der Waals surface area contributed by atoms with Crippen LogP contribution < -0.4 is 10.7 Å². The van der Waals surface area contributed by atoms with Crippen molar-refractivity contribution in [3.8, 4) is 5.69 Å². The number of benzene rings is 1. The monoisotopic (exact) mass is 429 g/mol. The molecule has 0 radical (unpaired) electrons. The Morgan fingerprint density at radius 2 is 1.72 bits per heavy atom. The van der Waals surface area contributed by atoms with Gasteiger partial charge in [0.25, 0.3) is 5.91 Å². The minimum absolute atomic E-state index is 0.0140. The lowest BCUT2D eigenvalue weighted by atomic mass is 10.1. The smallest absolute Gasteiger partial charge is 0.261 e. The molecule has 1 N–H and O–H groups in total. The number of hydrogen-bond donors (Lipinski definition) is 1. The Hall–Kier alpha value is -3.36. The Balaban J connectivity index is 1.89. The fourth-order valence-corrected chi connectivity index (χ4v) is 3.16. The van der Waals surface area contributed by atoms with Crippen molar-refractivity contribution >= 4 is 45.8 Å². The maximum absolute atomic E-state index is 13.3. The lowest BCUT2D eigenvalue weighted by molar-refractivity contribution is 0.102. The Labute approximate surface area is 172 Å². The third-order valence-corrected chi connectivity index (χ3v) is 4.68. The van der Waals surface area contributed by atoms with E-state index in [1.165, 1.54) is 41.2 Å². The van der Waals surface area contributed by atoms with Gasteiger partial charge in [0.2, 0.25) is 5.43 Å². The van der Waals surface area contributed by atoms with Crippen molar-refractivity contribution in [3.05, 3.63) is 87.0 Å².